The second-order valence-corrected chi connectivity index (χ2v) is 20.9. The molecule has 0 saturated heterocycles. The Hall–Kier alpha value is -8.92. The van der Waals surface area contributed by atoms with Crippen molar-refractivity contribution in [2.75, 3.05) is 9.80 Å². The quantitative estimate of drug-likeness (QED) is 0.140. The van der Waals surface area contributed by atoms with Crippen LogP contribution >= 0.6 is 0 Å². The molecular formula is C72H57BN2. The lowest BCUT2D eigenvalue weighted by atomic mass is 9.33. The highest BCUT2D eigenvalue weighted by Crippen LogP contribution is 2.48. The topological polar surface area (TPSA) is 6.48 Å². The Morgan fingerprint density at radius 1 is 0.253 bits per heavy atom. The summed E-state index contributed by atoms with van der Waals surface area (Å²) in [5, 5.41) is 0. The summed E-state index contributed by atoms with van der Waals surface area (Å²) in [5.41, 5.74) is 33.0. The number of aryl methyl sites for hydroxylation is 6. The van der Waals surface area contributed by atoms with Gasteiger partial charge in [-0.3, -0.25) is 0 Å². The van der Waals surface area contributed by atoms with E-state index in [9.17, 15) is 0 Å². The molecule has 11 aromatic rings. The Labute approximate surface area is 443 Å². The molecule has 3 heteroatoms. The molecular weight excluding hydrogens is 904 g/mol. The first-order valence-corrected chi connectivity index (χ1v) is 26.3. The average Bonchev–Trinajstić information content (AvgIpc) is 3.43. The Morgan fingerprint density at radius 3 is 0.893 bits per heavy atom. The van der Waals surface area contributed by atoms with Gasteiger partial charge >= 0.3 is 0 Å². The van der Waals surface area contributed by atoms with Gasteiger partial charge in [0.15, 0.2) is 0 Å². The van der Waals surface area contributed by atoms with Crippen LogP contribution in [0.15, 0.2) is 237 Å². The van der Waals surface area contributed by atoms with E-state index in [2.05, 4.69) is 288 Å². The maximum absolute atomic E-state index is 2.58. The van der Waals surface area contributed by atoms with Crippen LogP contribution in [-0.2, 0) is 0 Å². The summed E-state index contributed by atoms with van der Waals surface area (Å²) in [7, 11) is 0. The molecule has 0 bridgehead atoms. The molecule has 2 heterocycles. The molecule has 0 N–H and O–H groups in total. The fraction of sp³-hybridized carbons (Fsp3) is 0.0833. The van der Waals surface area contributed by atoms with Crippen LogP contribution in [0.1, 0.15) is 33.4 Å². The highest BCUT2D eigenvalue weighted by Gasteiger charge is 2.44. The fourth-order valence-electron chi connectivity index (χ4n) is 12.7. The number of anilines is 6. The molecule has 0 radical (unpaired) electrons. The minimum atomic E-state index is -0.0611. The largest absolute Gasteiger partial charge is 0.311 e. The van der Waals surface area contributed by atoms with Crippen LogP contribution < -0.4 is 26.2 Å². The van der Waals surface area contributed by atoms with Gasteiger partial charge < -0.3 is 9.80 Å². The van der Waals surface area contributed by atoms with Gasteiger partial charge in [0, 0.05) is 34.1 Å². The van der Waals surface area contributed by atoms with E-state index in [0.717, 1.165) is 11.4 Å². The molecule has 2 nitrogen and oxygen atoms in total. The van der Waals surface area contributed by atoms with E-state index < -0.39 is 0 Å². The number of hydrogen-bond acceptors (Lipinski definition) is 2. The number of nitrogens with zero attached hydrogens (tertiary/aromatic N) is 2. The molecule has 13 rings (SSSR count). The molecule has 75 heavy (non-hydrogen) atoms. The molecule has 11 aromatic carbocycles. The SMILES string of the molecule is Cc1cc(C)c(-c2ccc3c(c2)N(c2cc(-c4ccccc4)cc(-c4ccccc4)c2)c2cccc4c2B3c2ccc(-c3c(C)cc(C)cc3C)cc2N4c2cc(-c3ccccc3)cc(-c3ccccc3)c2)c(C)c1. The Balaban J connectivity index is 1.12. The Morgan fingerprint density at radius 2 is 0.573 bits per heavy atom. The number of fused-ring (bicyclic) bond motifs is 4. The monoisotopic (exact) mass is 960 g/mol. The van der Waals surface area contributed by atoms with E-state index in [1.165, 1.54) is 139 Å². The van der Waals surface area contributed by atoms with Crippen molar-refractivity contribution in [2.45, 2.75) is 41.5 Å². The second kappa shape index (κ2) is 18.5. The second-order valence-electron chi connectivity index (χ2n) is 20.9. The minimum Gasteiger partial charge on any atom is -0.311 e. The molecule has 0 aliphatic carbocycles. The Bertz CT molecular complexity index is 3590. The molecule has 2 aliphatic rings. The normalized spacial score (nSPS) is 12.3. The number of benzene rings is 11. The highest BCUT2D eigenvalue weighted by atomic mass is 15.2. The number of hydrogen-bond donors (Lipinski definition) is 0. The molecule has 0 saturated carbocycles. The standard InChI is InChI=1S/C72H57BN2/c1-46-34-48(3)70(49(4)35-46)56-30-32-64-68(44-56)74(62-40-58(52-20-11-7-12-21-52)38-59(41-62)53-22-13-8-14-23-53)66-28-19-29-67-72(66)73(64)65-33-31-57(71-50(5)36-47(2)37-51(71)6)45-69(65)75(67)63-42-60(54-24-15-9-16-25-54)39-61(43-63)55-26-17-10-18-27-55/h7-45H,1-6H3. The predicted octanol–water partition coefficient (Wildman–Crippen LogP) is 17.6. The first kappa shape index (κ1) is 45.9. The smallest absolute Gasteiger partial charge is 0.252 e. The number of rotatable bonds is 8. The lowest BCUT2D eigenvalue weighted by Gasteiger charge is -2.44. The van der Waals surface area contributed by atoms with Crippen molar-refractivity contribution in [1.29, 1.82) is 0 Å². The maximum atomic E-state index is 2.58. The van der Waals surface area contributed by atoms with Crippen molar-refractivity contribution in [1.82, 2.24) is 0 Å². The van der Waals surface area contributed by atoms with Crippen LogP contribution in [0.4, 0.5) is 34.1 Å². The van der Waals surface area contributed by atoms with Crippen molar-refractivity contribution in [3.05, 3.63) is 270 Å². The molecule has 0 amide bonds. The molecule has 2 aliphatic heterocycles. The van der Waals surface area contributed by atoms with Gasteiger partial charge in [0.1, 0.15) is 0 Å². The van der Waals surface area contributed by atoms with Crippen LogP contribution in [-0.4, -0.2) is 6.71 Å². The van der Waals surface area contributed by atoms with Crippen LogP contribution in [0.3, 0.4) is 0 Å². The van der Waals surface area contributed by atoms with Gasteiger partial charge in [-0.15, -0.1) is 0 Å². The van der Waals surface area contributed by atoms with Crippen LogP contribution in [0.2, 0.25) is 0 Å². The fourth-order valence-corrected chi connectivity index (χ4v) is 12.7. The highest BCUT2D eigenvalue weighted by molar-refractivity contribution is 7.00. The van der Waals surface area contributed by atoms with Crippen LogP contribution in [0, 0.1) is 41.5 Å². The van der Waals surface area contributed by atoms with Gasteiger partial charge in [0.05, 0.1) is 0 Å². The third-order valence-corrected chi connectivity index (χ3v) is 15.7. The van der Waals surface area contributed by atoms with Crippen molar-refractivity contribution in [3.63, 3.8) is 0 Å². The summed E-state index contributed by atoms with van der Waals surface area (Å²) >= 11 is 0. The van der Waals surface area contributed by atoms with E-state index in [-0.39, 0.29) is 6.71 Å². The summed E-state index contributed by atoms with van der Waals surface area (Å²) in [6, 6.07) is 88.7. The Kier molecular flexibility index (Phi) is 11.3. The van der Waals surface area contributed by atoms with Gasteiger partial charge in [-0.25, -0.2) is 0 Å². The zero-order valence-corrected chi connectivity index (χ0v) is 43.5. The van der Waals surface area contributed by atoms with Gasteiger partial charge in [-0.05, 0) is 208 Å². The summed E-state index contributed by atoms with van der Waals surface area (Å²) < 4.78 is 0. The molecule has 0 fully saturated rings. The van der Waals surface area contributed by atoms with Crippen molar-refractivity contribution in [2.24, 2.45) is 0 Å². The van der Waals surface area contributed by atoms with E-state index in [4.69, 9.17) is 0 Å². The first-order chi connectivity index (χ1) is 36.6. The van der Waals surface area contributed by atoms with Crippen molar-refractivity contribution >= 4 is 57.2 Å². The van der Waals surface area contributed by atoms with Crippen molar-refractivity contribution in [3.8, 4) is 66.8 Å². The molecule has 0 unspecified atom stereocenters. The van der Waals surface area contributed by atoms with E-state index in [0.29, 0.717) is 0 Å². The molecule has 0 spiro atoms. The summed E-state index contributed by atoms with van der Waals surface area (Å²) in [6.07, 6.45) is 0. The zero-order valence-electron chi connectivity index (χ0n) is 43.5. The van der Waals surface area contributed by atoms with Gasteiger partial charge in [-0.1, -0.05) is 187 Å². The third-order valence-electron chi connectivity index (χ3n) is 15.7. The molecule has 0 aromatic heterocycles. The minimum absolute atomic E-state index is 0.0611. The van der Waals surface area contributed by atoms with Crippen LogP contribution in [0.25, 0.3) is 66.8 Å². The van der Waals surface area contributed by atoms with E-state index >= 15 is 0 Å². The summed E-state index contributed by atoms with van der Waals surface area (Å²) in [6.45, 7) is 13.4. The molecule has 358 valence electrons. The predicted molar refractivity (Wildman–Crippen MR) is 322 cm³/mol. The van der Waals surface area contributed by atoms with E-state index in [1.807, 2.05) is 0 Å². The van der Waals surface area contributed by atoms with Gasteiger partial charge in [0.25, 0.3) is 6.71 Å². The van der Waals surface area contributed by atoms with E-state index in [1.54, 1.807) is 0 Å². The summed E-state index contributed by atoms with van der Waals surface area (Å²) in [5.74, 6) is 0. The zero-order chi connectivity index (χ0) is 50.9. The molecule has 0 atom stereocenters. The first-order valence-electron chi connectivity index (χ1n) is 26.3. The third kappa shape index (κ3) is 8.08. The van der Waals surface area contributed by atoms with Gasteiger partial charge in [-0.2, -0.15) is 0 Å². The maximum Gasteiger partial charge on any atom is 0.252 e. The average molecular weight is 961 g/mol. The van der Waals surface area contributed by atoms with Crippen LogP contribution in [0.5, 0.6) is 0 Å². The summed E-state index contributed by atoms with van der Waals surface area (Å²) in [4.78, 5) is 5.16. The van der Waals surface area contributed by atoms with Crippen molar-refractivity contribution < 1.29 is 0 Å². The van der Waals surface area contributed by atoms with Gasteiger partial charge in [0.2, 0.25) is 0 Å². The lowest BCUT2D eigenvalue weighted by molar-refractivity contribution is 1.25. The lowest BCUT2D eigenvalue weighted by Crippen LogP contribution is -2.61.